The predicted molar refractivity (Wildman–Crippen MR) is 93.1 cm³/mol. The molecule has 2 aromatic carbocycles. The molecule has 0 heterocycles. The summed E-state index contributed by atoms with van der Waals surface area (Å²) >= 11 is 11.9. The van der Waals surface area contributed by atoms with E-state index in [0.717, 1.165) is 0 Å². The van der Waals surface area contributed by atoms with Gasteiger partial charge in [-0.1, -0.05) is 35.3 Å². The van der Waals surface area contributed by atoms with E-state index in [1.165, 1.54) is 6.07 Å². The van der Waals surface area contributed by atoms with Gasteiger partial charge in [0, 0.05) is 5.69 Å². The molecule has 2 rings (SSSR count). The largest absolute Gasteiger partial charge is 0.481 e. The summed E-state index contributed by atoms with van der Waals surface area (Å²) in [5.41, 5.74) is 0.762. The quantitative estimate of drug-likeness (QED) is 0.822. The third kappa shape index (κ3) is 4.61. The van der Waals surface area contributed by atoms with E-state index in [4.69, 9.17) is 33.1 Å². The molecule has 0 aliphatic carbocycles. The van der Waals surface area contributed by atoms with E-state index >= 15 is 0 Å². The molecule has 2 aromatic rings. The molecule has 0 aliphatic heterocycles. The maximum atomic E-state index is 12.0. The Kier molecular flexibility index (Phi) is 5.71. The normalized spacial score (nSPS) is 11.2. The first kappa shape index (κ1) is 18.5. The highest BCUT2D eigenvalue weighted by Crippen LogP contribution is 2.32. The fraction of sp³-hybridized carbons (Fsp3) is 0.133. The number of ether oxygens (including phenoxy) is 1. The number of nitrogens with one attached hydrogen (secondary N) is 1. The SMILES string of the molecule is Cc1ccc(NC(=O)COc2c(Cl)cccc2Cl)cc1S(N)(=O)=O. The van der Waals surface area contributed by atoms with Crippen LogP contribution in [0.5, 0.6) is 5.75 Å². The Balaban J connectivity index is 2.08. The Bertz CT molecular complexity index is 865. The standard InChI is InChI=1S/C15H14Cl2N2O4S/c1-9-5-6-10(7-13(9)24(18,21)22)19-14(20)8-23-15-11(16)3-2-4-12(15)17/h2-7H,8H2,1H3,(H,19,20)(H2,18,21,22). The lowest BCUT2D eigenvalue weighted by atomic mass is 10.2. The lowest BCUT2D eigenvalue weighted by Gasteiger charge is -2.11. The molecule has 1 amide bonds. The molecule has 6 nitrogen and oxygen atoms in total. The van der Waals surface area contributed by atoms with Crippen molar-refractivity contribution in [3.8, 4) is 5.75 Å². The second-order valence-electron chi connectivity index (χ2n) is 4.91. The van der Waals surface area contributed by atoms with Crippen molar-refractivity contribution in [2.24, 2.45) is 5.14 Å². The molecule has 0 unspecified atom stereocenters. The van der Waals surface area contributed by atoms with E-state index in [2.05, 4.69) is 5.32 Å². The molecule has 0 saturated carbocycles. The van der Waals surface area contributed by atoms with Crippen LogP contribution in [0.25, 0.3) is 0 Å². The highest BCUT2D eigenvalue weighted by Gasteiger charge is 2.14. The summed E-state index contributed by atoms with van der Waals surface area (Å²) in [5.74, 6) is -0.305. The topological polar surface area (TPSA) is 98.5 Å². The van der Waals surface area contributed by atoms with Crippen LogP contribution in [0.2, 0.25) is 10.0 Å². The van der Waals surface area contributed by atoms with Crippen LogP contribution < -0.4 is 15.2 Å². The van der Waals surface area contributed by atoms with Crippen LogP contribution >= 0.6 is 23.2 Å². The molecule has 0 saturated heterocycles. The molecule has 3 N–H and O–H groups in total. The smallest absolute Gasteiger partial charge is 0.262 e. The van der Waals surface area contributed by atoms with E-state index in [0.29, 0.717) is 5.56 Å². The number of hydrogen-bond donors (Lipinski definition) is 2. The van der Waals surface area contributed by atoms with Gasteiger partial charge in [0.2, 0.25) is 10.0 Å². The molecule has 24 heavy (non-hydrogen) atoms. The van der Waals surface area contributed by atoms with Crippen LogP contribution in [-0.2, 0) is 14.8 Å². The van der Waals surface area contributed by atoms with Gasteiger partial charge in [-0.2, -0.15) is 0 Å². The number of amides is 1. The Hall–Kier alpha value is -1.80. The van der Waals surface area contributed by atoms with E-state index in [9.17, 15) is 13.2 Å². The number of halogens is 2. The summed E-state index contributed by atoms with van der Waals surface area (Å²) in [7, 11) is -3.88. The second kappa shape index (κ2) is 7.40. The van der Waals surface area contributed by atoms with Gasteiger partial charge in [0.1, 0.15) is 0 Å². The Morgan fingerprint density at radius 3 is 2.42 bits per heavy atom. The minimum Gasteiger partial charge on any atom is -0.481 e. The molecular formula is C15H14Cl2N2O4S. The number of aryl methyl sites for hydroxylation is 1. The van der Waals surface area contributed by atoms with Gasteiger partial charge in [0.25, 0.3) is 5.91 Å². The van der Waals surface area contributed by atoms with Crippen molar-refractivity contribution in [1.82, 2.24) is 0 Å². The average Bonchev–Trinajstić information content (AvgIpc) is 2.47. The molecule has 0 atom stereocenters. The zero-order chi connectivity index (χ0) is 17.9. The zero-order valence-corrected chi connectivity index (χ0v) is 14.9. The maximum Gasteiger partial charge on any atom is 0.262 e. The zero-order valence-electron chi connectivity index (χ0n) is 12.5. The highest BCUT2D eigenvalue weighted by atomic mass is 35.5. The van der Waals surface area contributed by atoms with E-state index in [1.807, 2.05) is 0 Å². The molecule has 0 aliphatic rings. The van der Waals surface area contributed by atoms with Gasteiger partial charge in [0.05, 0.1) is 14.9 Å². The summed E-state index contributed by atoms with van der Waals surface area (Å²) in [4.78, 5) is 11.9. The number of para-hydroxylation sites is 1. The fourth-order valence-corrected chi connectivity index (χ4v) is 3.25. The van der Waals surface area contributed by atoms with Gasteiger partial charge < -0.3 is 10.1 Å². The fourth-order valence-electron chi connectivity index (χ4n) is 1.94. The van der Waals surface area contributed by atoms with Gasteiger partial charge >= 0.3 is 0 Å². The predicted octanol–water partition coefficient (Wildman–Crippen LogP) is 2.97. The Morgan fingerprint density at radius 1 is 1.21 bits per heavy atom. The number of carbonyl (C=O) groups excluding carboxylic acids is 1. The van der Waals surface area contributed by atoms with E-state index in [-0.39, 0.29) is 33.0 Å². The van der Waals surface area contributed by atoms with Crippen LogP contribution in [-0.4, -0.2) is 20.9 Å². The summed E-state index contributed by atoms with van der Waals surface area (Å²) in [6, 6.07) is 9.20. The van der Waals surface area contributed by atoms with Crippen molar-refractivity contribution in [3.05, 3.63) is 52.0 Å². The lowest BCUT2D eigenvalue weighted by Crippen LogP contribution is -2.21. The monoisotopic (exact) mass is 388 g/mol. The first-order valence-electron chi connectivity index (χ1n) is 6.68. The Morgan fingerprint density at radius 2 is 1.83 bits per heavy atom. The minimum atomic E-state index is -3.88. The average molecular weight is 389 g/mol. The minimum absolute atomic E-state index is 0.0598. The van der Waals surface area contributed by atoms with Crippen molar-refractivity contribution >= 4 is 44.8 Å². The summed E-state index contributed by atoms with van der Waals surface area (Å²) in [6.45, 7) is 1.26. The van der Waals surface area contributed by atoms with Gasteiger partial charge in [-0.05, 0) is 36.8 Å². The van der Waals surface area contributed by atoms with Gasteiger partial charge in [-0.15, -0.1) is 0 Å². The van der Waals surface area contributed by atoms with Gasteiger partial charge in [0.15, 0.2) is 12.4 Å². The summed E-state index contributed by atoms with van der Waals surface area (Å²) < 4.78 is 28.3. The van der Waals surface area contributed by atoms with Crippen molar-refractivity contribution < 1.29 is 17.9 Å². The molecule has 128 valence electrons. The maximum absolute atomic E-state index is 12.0. The molecule has 9 heteroatoms. The van der Waals surface area contributed by atoms with Crippen molar-refractivity contribution in [2.75, 3.05) is 11.9 Å². The number of hydrogen-bond acceptors (Lipinski definition) is 4. The molecule has 0 radical (unpaired) electrons. The van der Waals surface area contributed by atoms with Crippen molar-refractivity contribution in [2.45, 2.75) is 11.8 Å². The third-order valence-corrected chi connectivity index (χ3v) is 4.69. The molecule has 0 fully saturated rings. The first-order valence-corrected chi connectivity index (χ1v) is 8.99. The number of anilines is 1. The van der Waals surface area contributed by atoms with Crippen LogP contribution in [0.3, 0.4) is 0 Å². The number of nitrogens with two attached hydrogens (primary N) is 1. The van der Waals surface area contributed by atoms with Crippen molar-refractivity contribution in [3.63, 3.8) is 0 Å². The number of sulfonamides is 1. The second-order valence-corrected chi connectivity index (χ2v) is 7.26. The number of benzene rings is 2. The third-order valence-electron chi connectivity index (χ3n) is 3.04. The molecular weight excluding hydrogens is 375 g/mol. The highest BCUT2D eigenvalue weighted by molar-refractivity contribution is 7.89. The van der Waals surface area contributed by atoms with Crippen LogP contribution in [0.4, 0.5) is 5.69 Å². The van der Waals surface area contributed by atoms with Gasteiger partial charge in [-0.25, -0.2) is 13.6 Å². The van der Waals surface area contributed by atoms with Crippen molar-refractivity contribution in [1.29, 1.82) is 0 Å². The lowest BCUT2D eigenvalue weighted by molar-refractivity contribution is -0.118. The summed E-state index contributed by atoms with van der Waals surface area (Å²) in [6.07, 6.45) is 0. The van der Waals surface area contributed by atoms with E-state index < -0.39 is 15.9 Å². The molecule has 0 bridgehead atoms. The number of carbonyl (C=O) groups is 1. The van der Waals surface area contributed by atoms with Crippen LogP contribution in [0, 0.1) is 6.92 Å². The molecule has 0 aromatic heterocycles. The first-order chi connectivity index (χ1) is 11.2. The van der Waals surface area contributed by atoms with Crippen LogP contribution in [0.1, 0.15) is 5.56 Å². The van der Waals surface area contributed by atoms with Gasteiger partial charge in [-0.3, -0.25) is 4.79 Å². The summed E-state index contributed by atoms with van der Waals surface area (Å²) in [5, 5.41) is 8.21. The van der Waals surface area contributed by atoms with Crippen LogP contribution in [0.15, 0.2) is 41.3 Å². The molecule has 0 spiro atoms. The Labute approximate surface area is 149 Å². The van der Waals surface area contributed by atoms with E-state index in [1.54, 1.807) is 37.3 Å². The number of rotatable bonds is 5. The number of primary sulfonamides is 1.